The number of furan rings is 1. The Hall–Kier alpha value is -4.11. The molecule has 168 valence electrons. The molecule has 8 nitrogen and oxygen atoms in total. The molecular weight excluding hydrogens is 444 g/mol. The second kappa shape index (κ2) is 10.0. The van der Waals surface area contributed by atoms with Crippen LogP contribution in [-0.2, 0) is 11.3 Å². The number of ether oxygens (including phenoxy) is 3. The van der Waals surface area contributed by atoms with Gasteiger partial charge in [-0.3, -0.25) is 4.79 Å². The van der Waals surface area contributed by atoms with Crippen LogP contribution in [-0.4, -0.2) is 31.1 Å². The number of aromatic nitrogens is 1. The molecule has 9 heteroatoms. The number of thiazole rings is 1. The van der Waals surface area contributed by atoms with Crippen LogP contribution in [0.15, 0.2) is 70.7 Å². The van der Waals surface area contributed by atoms with Crippen LogP contribution < -0.4 is 14.8 Å². The van der Waals surface area contributed by atoms with E-state index in [9.17, 15) is 9.59 Å². The van der Waals surface area contributed by atoms with Crippen LogP contribution in [0.3, 0.4) is 0 Å². The number of methoxy groups -OCH3 is 2. The quantitative estimate of drug-likeness (QED) is 0.365. The lowest BCUT2D eigenvalue weighted by atomic mass is 10.1. The Kier molecular flexibility index (Phi) is 6.70. The highest BCUT2D eigenvalue weighted by molar-refractivity contribution is 7.13. The third-order valence-electron chi connectivity index (χ3n) is 4.68. The summed E-state index contributed by atoms with van der Waals surface area (Å²) in [6.07, 6.45) is 1.40. The van der Waals surface area contributed by atoms with Gasteiger partial charge in [0.2, 0.25) is 0 Å². The number of carbonyl (C=O) groups excluding carboxylic acids is 2. The number of esters is 1. The number of benzene rings is 2. The van der Waals surface area contributed by atoms with Crippen molar-refractivity contribution >= 4 is 28.9 Å². The molecule has 33 heavy (non-hydrogen) atoms. The Morgan fingerprint density at radius 3 is 2.64 bits per heavy atom. The third-order valence-corrected chi connectivity index (χ3v) is 5.60. The van der Waals surface area contributed by atoms with Crippen LogP contribution in [0.2, 0.25) is 0 Å². The van der Waals surface area contributed by atoms with Gasteiger partial charge in [-0.05, 0) is 36.4 Å². The van der Waals surface area contributed by atoms with Gasteiger partial charge in [0.25, 0.3) is 5.91 Å². The Labute approximate surface area is 193 Å². The van der Waals surface area contributed by atoms with Gasteiger partial charge in [0.15, 0.2) is 17.3 Å². The van der Waals surface area contributed by atoms with Gasteiger partial charge in [0.1, 0.15) is 11.6 Å². The van der Waals surface area contributed by atoms with E-state index in [1.807, 2.05) is 17.5 Å². The van der Waals surface area contributed by atoms with Crippen LogP contribution in [0.4, 0.5) is 5.69 Å². The first-order valence-electron chi connectivity index (χ1n) is 9.87. The molecule has 0 aliphatic rings. The summed E-state index contributed by atoms with van der Waals surface area (Å²) in [4.78, 5) is 29.5. The molecular formula is C24H20N2O6S. The average molecular weight is 464 g/mol. The molecule has 0 atom stereocenters. The molecule has 1 N–H and O–H groups in total. The van der Waals surface area contributed by atoms with Crippen LogP contribution in [0, 0.1) is 0 Å². The maximum Gasteiger partial charge on any atom is 0.340 e. The number of nitrogens with one attached hydrogen (secondary N) is 1. The molecule has 0 aliphatic heterocycles. The summed E-state index contributed by atoms with van der Waals surface area (Å²) in [5.74, 6) is 0.280. The SMILES string of the molecule is COc1cccc(-c2nc(COC(=O)c3ccccc3NC(=O)c3ccco3)cs2)c1OC. The second-order valence-corrected chi connectivity index (χ2v) is 7.60. The smallest absolute Gasteiger partial charge is 0.340 e. The minimum atomic E-state index is -0.584. The maximum atomic E-state index is 12.7. The maximum absolute atomic E-state index is 12.7. The number of hydrogen-bond donors (Lipinski definition) is 1. The van der Waals surface area contributed by atoms with Crippen molar-refractivity contribution in [3.8, 4) is 22.1 Å². The molecule has 2 aromatic heterocycles. The molecule has 0 radical (unpaired) electrons. The normalized spacial score (nSPS) is 10.5. The van der Waals surface area contributed by atoms with Crippen molar-refractivity contribution in [3.05, 3.63) is 83.3 Å². The number of hydrogen-bond acceptors (Lipinski definition) is 8. The van der Waals surface area contributed by atoms with Crippen molar-refractivity contribution in [3.63, 3.8) is 0 Å². The zero-order valence-corrected chi connectivity index (χ0v) is 18.7. The molecule has 0 unspecified atom stereocenters. The molecule has 0 spiro atoms. The minimum absolute atomic E-state index is 0.0257. The number of anilines is 1. The standard InChI is InChI=1S/C24H20N2O6S/c1-29-19-10-5-8-17(21(19)30-2)23-25-15(14-33-23)13-32-24(28)16-7-3-4-9-18(16)26-22(27)20-11-6-12-31-20/h3-12,14H,13H2,1-2H3,(H,26,27). The molecule has 0 aliphatic carbocycles. The molecule has 4 rings (SSSR count). The van der Waals surface area contributed by atoms with Crippen molar-refractivity contribution in [2.24, 2.45) is 0 Å². The topological polar surface area (TPSA) is 99.9 Å². The number of rotatable bonds is 8. The van der Waals surface area contributed by atoms with Crippen LogP contribution in [0.5, 0.6) is 11.5 Å². The Morgan fingerprint density at radius 2 is 1.88 bits per heavy atom. The Morgan fingerprint density at radius 1 is 1.03 bits per heavy atom. The minimum Gasteiger partial charge on any atom is -0.493 e. The first-order valence-corrected chi connectivity index (χ1v) is 10.8. The summed E-state index contributed by atoms with van der Waals surface area (Å²) in [5.41, 5.74) is 1.92. The van der Waals surface area contributed by atoms with E-state index in [4.69, 9.17) is 18.6 Å². The highest BCUT2D eigenvalue weighted by Gasteiger charge is 2.18. The van der Waals surface area contributed by atoms with Gasteiger partial charge < -0.3 is 23.9 Å². The molecule has 4 aromatic rings. The van der Waals surface area contributed by atoms with Crippen LogP contribution in [0.25, 0.3) is 10.6 Å². The Bertz CT molecular complexity index is 1270. The van der Waals surface area contributed by atoms with E-state index in [1.54, 1.807) is 50.6 Å². The van der Waals surface area contributed by atoms with E-state index in [0.717, 1.165) is 5.56 Å². The summed E-state index contributed by atoms with van der Waals surface area (Å²) in [6.45, 7) is -0.0257. The number of amides is 1. The largest absolute Gasteiger partial charge is 0.493 e. The van der Waals surface area contributed by atoms with Gasteiger partial charge in [0.05, 0.1) is 43.0 Å². The van der Waals surface area contributed by atoms with Gasteiger partial charge >= 0.3 is 5.97 Å². The molecule has 0 saturated heterocycles. The van der Waals surface area contributed by atoms with E-state index in [0.29, 0.717) is 27.9 Å². The monoisotopic (exact) mass is 464 g/mol. The molecule has 1 amide bonds. The number of nitrogens with zero attached hydrogens (tertiary/aromatic N) is 1. The Balaban J connectivity index is 1.46. The van der Waals surface area contributed by atoms with E-state index < -0.39 is 11.9 Å². The number of para-hydroxylation sites is 2. The summed E-state index contributed by atoms with van der Waals surface area (Å²) < 4.78 is 21.4. The molecule has 2 aromatic carbocycles. The lowest BCUT2D eigenvalue weighted by molar-refractivity contribution is 0.0469. The fourth-order valence-corrected chi connectivity index (χ4v) is 3.96. The summed E-state index contributed by atoms with van der Waals surface area (Å²) >= 11 is 1.40. The third kappa shape index (κ3) is 4.88. The van der Waals surface area contributed by atoms with Crippen molar-refractivity contribution in [2.45, 2.75) is 6.61 Å². The van der Waals surface area contributed by atoms with Crippen LogP contribution >= 0.6 is 11.3 Å². The van der Waals surface area contributed by atoms with E-state index >= 15 is 0 Å². The second-order valence-electron chi connectivity index (χ2n) is 6.74. The van der Waals surface area contributed by atoms with E-state index in [2.05, 4.69) is 10.3 Å². The first kappa shape index (κ1) is 22.1. The molecule has 0 bridgehead atoms. The van der Waals surface area contributed by atoms with Crippen LogP contribution in [0.1, 0.15) is 26.6 Å². The van der Waals surface area contributed by atoms with E-state index in [-0.39, 0.29) is 17.9 Å². The molecule has 0 saturated carbocycles. The summed E-state index contributed by atoms with van der Waals surface area (Å²) in [6, 6.07) is 15.3. The van der Waals surface area contributed by atoms with Gasteiger partial charge in [-0.25, -0.2) is 9.78 Å². The van der Waals surface area contributed by atoms with Crippen molar-refractivity contribution in [1.29, 1.82) is 0 Å². The van der Waals surface area contributed by atoms with Crippen molar-refractivity contribution in [1.82, 2.24) is 4.98 Å². The first-order chi connectivity index (χ1) is 16.1. The fourth-order valence-electron chi connectivity index (χ4n) is 3.13. The van der Waals surface area contributed by atoms with Crippen molar-refractivity contribution < 1.29 is 28.2 Å². The predicted molar refractivity (Wildman–Crippen MR) is 123 cm³/mol. The van der Waals surface area contributed by atoms with Gasteiger partial charge in [-0.1, -0.05) is 18.2 Å². The number of carbonyl (C=O) groups is 2. The lowest BCUT2D eigenvalue weighted by Gasteiger charge is -2.10. The van der Waals surface area contributed by atoms with Crippen molar-refractivity contribution in [2.75, 3.05) is 19.5 Å². The zero-order chi connectivity index (χ0) is 23.2. The van der Waals surface area contributed by atoms with Gasteiger partial charge in [0, 0.05) is 5.38 Å². The highest BCUT2D eigenvalue weighted by Crippen LogP contribution is 2.39. The van der Waals surface area contributed by atoms with E-state index in [1.165, 1.54) is 23.7 Å². The summed E-state index contributed by atoms with van der Waals surface area (Å²) in [5, 5.41) is 5.19. The van der Waals surface area contributed by atoms with Gasteiger partial charge in [-0.15, -0.1) is 11.3 Å². The predicted octanol–water partition coefficient (Wildman–Crippen LogP) is 5.03. The lowest BCUT2D eigenvalue weighted by Crippen LogP contribution is -2.15. The molecule has 0 fully saturated rings. The fraction of sp³-hybridized carbons (Fsp3) is 0.125. The molecule has 2 heterocycles. The highest BCUT2D eigenvalue weighted by atomic mass is 32.1. The van der Waals surface area contributed by atoms with Gasteiger partial charge in [-0.2, -0.15) is 0 Å². The average Bonchev–Trinajstić information content (AvgIpc) is 3.55. The summed E-state index contributed by atoms with van der Waals surface area (Å²) in [7, 11) is 3.14. The zero-order valence-electron chi connectivity index (χ0n) is 17.9.